The maximum absolute atomic E-state index is 15.5. The van der Waals surface area contributed by atoms with Crippen molar-refractivity contribution in [3.05, 3.63) is 53.6 Å². The summed E-state index contributed by atoms with van der Waals surface area (Å²) in [6.45, 7) is 5.18. The molecule has 1 spiro atoms. The van der Waals surface area contributed by atoms with Crippen molar-refractivity contribution in [2.45, 2.75) is 107 Å². The Morgan fingerprint density at radius 3 is 2.55 bits per heavy atom. The van der Waals surface area contributed by atoms with E-state index in [1.807, 2.05) is 36.4 Å². The van der Waals surface area contributed by atoms with Crippen LogP contribution < -0.4 is 20.1 Å². The van der Waals surface area contributed by atoms with E-state index in [0.717, 1.165) is 48.8 Å². The Morgan fingerprint density at radius 2 is 1.88 bits per heavy atom. The number of sulfonamides is 1. The molecular weight excluding hydrogens is 557 g/mol. The van der Waals surface area contributed by atoms with Crippen molar-refractivity contribution in [3.63, 3.8) is 0 Å². The van der Waals surface area contributed by atoms with Crippen LogP contribution in [-0.4, -0.2) is 55.4 Å². The standard InChI is InChI=1S/C32H42FN3O5S/c1-4-23-8-5-6-9-26(23)27-16-22(17-29(37)36-42(39,40)21(2)3)10-13-28(27)41-25-12-11-24(18-25)35-30(38)32(33)19-31(34-20-32)14-7-15-31/h5-6,8-10,13,16,21,24-25,34H,4,7,11-12,14-15,17-20H2,1-3H3,(H,35,38)(H,36,37)/t24-,25-,32+/m1/s1. The Bertz CT molecular complexity index is 1440. The van der Waals surface area contributed by atoms with E-state index in [9.17, 15) is 18.0 Å². The average Bonchev–Trinajstić information content (AvgIpc) is 3.54. The molecule has 2 aromatic carbocycles. The number of carbonyl (C=O) groups is 2. The first-order chi connectivity index (χ1) is 19.9. The Balaban J connectivity index is 1.29. The number of amides is 2. The zero-order valence-electron chi connectivity index (χ0n) is 24.7. The molecule has 3 N–H and O–H groups in total. The highest BCUT2D eigenvalue weighted by molar-refractivity contribution is 7.90. The van der Waals surface area contributed by atoms with Crippen LogP contribution in [0.4, 0.5) is 4.39 Å². The lowest BCUT2D eigenvalue weighted by atomic mass is 9.74. The van der Waals surface area contributed by atoms with Gasteiger partial charge in [-0.2, -0.15) is 0 Å². The van der Waals surface area contributed by atoms with E-state index in [2.05, 4.69) is 22.3 Å². The smallest absolute Gasteiger partial charge is 0.259 e. The molecule has 2 amide bonds. The van der Waals surface area contributed by atoms with Crippen LogP contribution in [0.15, 0.2) is 42.5 Å². The fraction of sp³-hybridized carbons (Fsp3) is 0.562. The second kappa shape index (κ2) is 12.0. The van der Waals surface area contributed by atoms with Gasteiger partial charge in [-0.3, -0.25) is 14.3 Å². The van der Waals surface area contributed by atoms with Crippen LogP contribution in [-0.2, 0) is 32.5 Å². The van der Waals surface area contributed by atoms with Crippen LogP contribution in [0.2, 0.25) is 0 Å². The van der Waals surface area contributed by atoms with E-state index in [1.165, 1.54) is 13.8 Å². The molecule has 42 heavy (non-hydrogen) atoms. The summed E-state index contributed by atoms with van der Waals surface area (Å²) in [5.74, 6) is -0.461. The normalized spacial score (nSPS) is 24.9. The van der Waals surface area contributed by atoms with Crippen molar-refractivity contribution >= 4 is 21.8 Å². The Labute approximate surface area is 248 Å². The van der Waals surface area contributed by atoms with Crippen molar-refractivity contribution in [1.29, 1.82) is 0 Å². The highest BCUT2D eigenvalue weighted by atomic mass is 32.2. The number of nitrogens with one attached hydrogen (secondary N) is 3. The lowest BCUT2D eigenvalue weighted by molar-refractivity contribution is -0.133. The van der Waals surface area contributed by atoms with E-state index in [4.69, 9.17) is 4.74 Å². The number of carbonyl (C=O) groups excluding carboxylic acids is 2. The van der Waals surface area contributed by atoms with Gasteiger partial charge in [-0.05, 0) is 81.2 Å². The molecule has 3 fully saturated rings. The molecular formula is C32H42FN3O5S. The summed E-state index contributed by atoms with van der Waals surface area (Å²) in [5.41, 5.74) is 1.51. The van der Waals surface area contributed by atoms with Gasteiger partial charge in [0.05, 0.1) is 11.7 Å². The minimum absolute atomic E-state index is 0.0689. The summed E-state index contributed by atoms with van der Waals surface area (Å²) in [4.78, 5) is 25.5. The third-order valence-corrected chi connectivity index (χ3v) is 10.8. The minimum Gasteiger partial charge on any atom is -0.490 e. The molecule has 8 nitrogen and oxygen atoms in total. The molecule has 1 saturated heterocycles. The number of ether oxygens (including phenoxy) is 1. The molecule has 1 heterocycles. The molecule has 2 aliphatic carbocycles. The van der Waals surface area contributed by atoms with Crippen LogP contribution in [0.25, 0.3) is 11.1 Å². The summed E-state index contributed by atoms with van der Waals surface area (Å²) < 4.78 is 48.5. The quantitative estimate of drug-likeness (QED) is 0.374. The number of hydrogen-bond acceptors (Lipinski definition) is 6. The van der Waals surface area contributed by atoms with E-state index in [-0.39, 0.29) is 37.1 Å². The van der Waals surface area contributed by atoms with E-state index >= 15 is 4.39 Å². The van der Waals surface area contributed by atoms with Crippen molar-refractivity contribution in [1.82, 2.24) is 15.4 Å². The molecule has 2 saturated carbocycles. The van der Waals surface area contributed by atoms with Gasteiger partial charge in [-0.15, -0.1) is 0 Å². The van der Waals surface area contributed by atoms with Crippen molar-refractivity contribution in [2.75, 3.05) is 6.54 Å². The zero-order chi connectivity index (χ0) is 30.1. The summed E-state index contributed by atoms with van der Waals surface area (Å²) >= 11 is 0. The predicted molar refractivity (Wildman–Crippen MR) is 160 cm³/mol. The molecule has 0 aromatic heterocycles. The lowest BCUT2D eigenvalue weighted by Crippen LogP contribution is -2.49. The van der Waals surface area contributed by atoms with Gasteiger partial charge < -0.3 is 15.4 Å². The molecule has 0 bridgehead atoms. The molecule has 1 aliphatic heterocycles. The van der Waals surface area contributed by atoms with Crippen LogP contribution in [0.5, 0.6) is 5.75 Å². The topological polar surface area (TPSA) is 114 Å². The van der Waals surface area contributed by atoms with Gasteiger partial charge >= 0.3 is 0 Å². The first-order valence-electron chi connectivity index (χ1n) is 15.1. The maximum atomic E-state index is 15.5. The fourth-order valence-corrected chi connectivity index (χ4v) is 6.99. The van der Waals surface area contributed by atoms with Crippen LogP contribution in [0.1, 0.15) is 76.8 Å². The molecule has 228 valence electrons. The predicted octanol–water partition coefficient (Wildman–Crippen LogP) is 4.35. The molecule has 10 heteroatoms. The van der Waals surface area contributed by atoms with Crippen molar-refractivity contribution < 1.29 is 27.1 Å². The molecule has 5 rings (SSSR count). The van der Waals surface area contributed by atoms with Gasteiger partial charge in [0.15, 0.2) is 0 Å². The molecule has 0 radical (unpaired) electrons. The third kappa shape index (κ3) is 6.49. The molecule has 3 aliphatic rings. The first-order valence-corrected chi connectivity index (χ1v) is 16.6. The monoisotopic (exact) mass is 599 g/mol. The van der Waals surface area contributed by atoms with E-state index in [0.29, 0.717) is 24.2 Å². The number of rotatable bonds is 10. The third-order valence-electron chi connectivity index (χ3n) is 9.07. The Morgan fingerprint density at radius 1 is 1.12 bits per heavy atom. The number of halogens is 1. The van der Waals surface area contributed by atoms with E-state index in [1.54, 1.807) is 6.07 Å². The van der Waals surface area contributed by atoms with Crippen LogP contribution >= 0.6 is 0 Å². The highest BCUT2D eigenvalue weighted by Crippen LogP contribution is 2.44. The Hall–Kier alpha value is -2.98. The summed E-state index contributed by atoms with van der Waals surface area (Å²) in [5, 5.41) is 5.50. The molecule has 3 atom stereocenters. The van der Waals surface area contributed by atoms with Gasteiger partial charge in [-0.1, -0.05) is 37.3 Å². The minimum atomic E-state index is -3.72. The largest absolute Gasteiger partial charge is 0.490 e. The molecule has 2 aromatic rings. The Kier molecular flexibility index (Phi) is 8.67. The summed E-state index contributed by atoms with van der Waals surface area (Å²) in [7, 11) is -3.72. The van der Waals surface area contributed by atoms with Gasteiger partial charge in [0.25, 0.3) is 5.91 Å². The summed E-state index contributed by atoms with van der Waals surface area (Å²) in [6, 6.07) is 13.3. The van der Waals surface area contributed by atoms with Gasteiger partial charge in [0, 0.05) is 36.5 Å². The number of benzene rings is 2. The molecule has 0 unspecified atom stereocenters. The highest BCUT2D eigenvalue weighted by Gasteiger charge is 2.55. The van der Waals surface area contributed by atoms with E-state index < -0.39 is 32.8 Å². The second-order valence-corrected chi connectivity index (χ2v) is 14.7. The summed E-state index contributed by atoms with van der Waals surface area (Å²) in [6.07, 6.45) is 5.71. The number of aryl methyl sites for hydroxylation is 1. The average molecular weight is 600 g/mol. The van der Waals surface area contributed by atoms with Gasteiger partial charge in [0.2, 0.25) is 21.6 Å². The lowest BCUT2D eigenvalue weighted by Gasteiger charge is -2.38. The van der Waals surface area contributed by atoms with Crippen molar-refractivity contribution in [2.24, 2.45) is 0 Å². The van der Waals surface area contributed by atoms with Crippen LogP contribution in [0, 0.1) is 0 Å². The second-order valence-electron chi connectivity index (χ2n) is 12.5. The SMILES string of the molecule is CCc1ccccc1-c1cc(CC(=O)NS(=O)(=O)C(C)C)ccc1O[C@@H]1CC[C@@H](NC(=O)[C@@]2(F)CNC3(CCC3)C2)C1. The van der Waals surface area contributed by atoms with Gasteiger partial charge in [0.1, 0.15) is 11.9 Å². The van der Waals surface area contributed by atoms with Crippen molar-refractivity contribution in [3.8, 4) is 16.9 Å². The van der Waals surface area contributed by atoms with Crippen LogP contribution in [0.3, 0.4) is 0 Å². The first kappa shape index (κ1) is 30.5. The zero-order valence-corrected chi connectivity index (χ0v) is 25.5. The van der Waals surface area contributed by atoms with Gasteiger partial charge in [-0.25, -0.2) is 12.8 Å². The number of hydrogen-bond donors (Lipinski definition) is 3. The maximum Gasteiger partial charge on any atom is 0.259 e. The fourth-order valence-electron chi connectivity index (χ4n) is 6.37. The number of alkyl halides is 1.